The lowest BCUT2D eigenvalue weighted by Crippen LogP contribution is -2.40. The van der Waals surface area contributed by atoms with Crippen molar-refractivity contribution in [3.8, 4) is 0 Å². The normalized spacial score (nSPS) is 23.7. The van der Waals surface area contributed by atoms with Crippen molar-refractivity contribution in [1.29, 1.82) is 0 Å². The van der Waals surface area contributed by atoms with Crippen LogP contribution in [0.5, 0.6) is 0 Å². The number of nitrogens with zero attached hydrogens (tertiary/aromatic N) is 1. The lowest BCUT2D eigenvalue weighted by Gasteiger charge is -2.32. The molecule has 0 bridgehead atoms. The van der Waals surface area contributed by atoms with Gasteiger partial charge in [-0.25, -0.2) is 0 Å². The van der Waals surface area contributed by atoms with Crippen molar-refractivity contribution in [1.82, 2.24) is 4.90 Å². The van der Waals surface area contributed by atoms with Gasteiger partial charge in [0.25, 0.3) is 0 Å². The van der Waals surface area contributed by atoms with Gasteiger partial charge in [-0.3, -0.25) is 4.90 Å². The molecule has 0 aromatic carbocycles. The van der Waals surface area contributed by atoms with E-state index in [-0.39, 0.29) is 0 Å². The molecule has 1 saturated heterocycles. The highest BCUT2D eigenvalue weighted by Gasteiger charge is 2.19. The third-order valence-corrected chi connectivity index (χ3v) is 2.98. The summed E-state index contributed by atoms with van der Waals surface area (Å²) in [5.74, 6) is 0.788. The van der Waals surface area contributed by atoms with Gasteiger partial charge in [-0.15, -0.1) is 0 Å². The third kappa shape index (κ3) is 4.03. The standard InChI is InChI=1S/C11H21NOS/c1-3-13-11-5-4-6-12(8-11)7-10(2)9-14/h11,14H,2-9H2,1H3. The van der Waals surface area contributed by atoms with E-state index in [0.29, 0.717) is 6.10 Å². The van der Waals surface area contributed by atoms with Crippen molar-refractivity contribution in [2.45, 2.75) is 25.9 Å². The fourth-order valence-corrected chi connectivity index (χ4v) is 1.99. The van der Waals surface area contributed by atoms with E-state index in [1.807, 2.05) is 0 Å². The second-order valence-corrected chi connectivity index (χ2v) is 4.18. The lowest BCUT2D eigenvalue weighted by atomic mass is 10.1. The molecule has 0 aliphatic carbocycles. The molecule has 14 heavy (non-hydrogen) atoms. The summed E-state index contributed by atoms with van der Waals surface area (Å²) in [6.45, 7) is 10.1. The van der Waals surface area contributed by atoms with Crippen molar-refractivity contribution >= 4 is 12.6 Å². The average molecular weight is 215 g/mol. The Balaban J connectivity index is 2.28. The number of hydrogen-bond acceptors (Lipinski definition) is 3. The monoisotopic (exact) mass is 215 g/mol. The molecular formula is C11H21NOS. The number of ether oxygens (including phenoxy) is 1. The first kappa shape index (κ1) is 12.1. The Kier molecular flexibility index (Phi) is 5.60. The first-order chi connectivity index (χ1) is 6.76. The van der Waals surface area contributed by atoms with E-state index < -0.39 is 0 Å². The van der Waals surface area contributed by atoms with Crippen molar-refractivity contribution in [2.24, 2.45) is 0 Å². The molecule has 0 spiro atoms. The van der Waals surface area contributed by atoms with Crippen LogP contribution in [-0.2, 0) is 4.74 Å². The summed E-state index contributed by atoms with van der Waals surface area (Å²) >= 11 is 4.22. The molecule has 1 fully saturated rings. The minimum atomic E-state index is 0.432. The van der Waals surface area contributed by atoms with Crippen LogP contribution in [0.25, 0.3) is 0 Å². The van der Waals surface area contributed by atoms with Gasteiger partial charge >= 0.3 is 0 Å². The van der Waals surface area contributed by atoms with Gasteiger partial charge in [0, 0.05) is 25.4 Å². The second kappa shape index (κ2) is 6.49. The summed E-state index contributed by atoms with van der Waals surface area (Å²) in [6, 6.07) is 0. The van der Waals surface area contributed by atoms with Gasteiger partial charge in [0.15, 0.2) is 0 Å². The summed E-state index contributed by atoms with van der Waals surface area (Å²) in [6.07, 6.45) is 2.88. The van der Waals surface area contributed by atoms with Crippen molar-refractivity contribution in [3.63, 3.8) is 0 Å². The van der Waals surface area contributed by atoms with E-state index in [2.05, 4.69) is 31.0 Å². The van der Waals surface area contributed by atoms with Crippen LogP contribution >= 0.6 is 12.6 Å². The topological polar surface area (TPSA) is 12.5 Å². The van der Waals surface area contributed by atoms with Gasteiger partial charge in [0.1, 0.15) is 0 Å². The smallest absolute Gasteiger partial charge is 0.0702 e. The first-order valence-electron chi connectivity index (χ1n) is 5.37. The number of rotatable bonds is 5. The van der Waals surface area contributed by atoms with Gasteiger partial charge in [-0.1, -0.05) is 12.2 Å². The van der Waals surface area contributed by atoms with E-state index in [9.17, 15) is 0 Å². The van der Waals surface area contributed by atoms with E-state index in [1.165, 1.54) is 25.0 Å². The molecule has 0 aromatic rings. The molecule has 3 heteroatoms. The SMILES string of the molecule is C=C(CS)CN1CCCC(OCC)C1. The highest BCUT2D eigenvalue weighted by Crippen LogP contribution is 2.14. The van der Waals surface area contributed by atoms with Crippen LogP contribution < -0.4 is 0 Å². The van der Waals surface area contributed by atoms with Crippen LogP contribution in [-0.4, -0.2) is 43.0 Å². The van der Waals surface area contributed by atoms with Crippen molar-refractivity contribution in [3.05, 3.63) is 12.2 Å². The van der Waals surface area contributed by atoms with Gasteiger partial charge in [0.2, 0.25) is 0 Å². The van der Waals surface area contributed by atoms with Crippen molar-refractivity contribution in [2.75, 3.05) is 32.0 Å². The molecule has 1 unspecified atom stereocenters. The summed E-state index contributed by atoms with van der Waals surface area (Å²) in [4.78, 5) is 2.42. The predicted molar refractivity (Wildman–Crippen MR) is 64.1 cm³/mol. The predicted octanol–water partition coefficient (Wildman–Crippen LogP) is 1.97. The quantitative estimate of drug-likeness (QED) is 0.556. The number of likely N-dealkylation sites (tertiary alicyclic amines) is 1. The Morgan fingerprint density at radius 1 is 1.64 bits per heavy atom. The Morgan fingerprint density at radius 2 is 2.43 bits per heavy atom. The highest BCUT2D eigenvalue weighted by atomic mass is 32.1. The van der Waals surface area contributed by atoms with Crippen LogP contribution in [0.2, 0.25) is 0 Å². The molecule has 1 aliphatic rings. The number of piperidine rings is 1. The minimum Gasteiger partial charge on any atom is -0.377 e. The molecule has 82 valence electrons. The van der Waals surface area contributed by atoms with Gasteiger partial charge in [-0.05, 0) is 26.3 Å². The average Bonchev–Trinajstić information content (AvgIpc) is 2.19. The Hall–Kier alpha value is 0.01000. The molecule has 0 radical (unpaired) electrons. The molecule has 0 aromatic heterocycles. The zero-order valence-corrected chi connectivity index (χ0v) is 9.93. The van der Waals surface area contributed by atoms with Gasteiger partial charge < -0.3 is 4.74 Å². The van der Waals surface area contributed by atoms with E-state index in [1.54, 1.807) is 0 Å². The van der Waals surface area contributed by atoms with E-state index in [4.69, 9.17) is 4.74 Å². The van der Waals surface area contributed by atoms with E-state index in [0.717, 1.165) is 25.4 Å². The Morgan fingerprint density at radius 3 is 3.07 bits per heavy atom. The largest absolute Gasteiger partial charge is 0.377 e. The van der Waals surface area contributed by atoms with Crippen LogP contribution in [0.15, 0.2) is 12.2 Å². The fourth-order valence-electron chi connectivity index (χ4n) is 1.89. The molecule has 2 nitrogen and oxygen atoms in total. The van der Waals surface area contributed by atoms with Crippen LogP contribution in [0.3, 0.4) is 0 Å². The maximum Gasteiger partial charge on any atom is 0.0702 e. The maximum atomic E-state index is 5.64. The summed E-state index contributed by atoms with van der Waals surface area (Å²) in [5.41, 5.74) is 1.20. The lowest BCUT2D eigenvalue weighted by molar-refractivity contribution is 0.00867. The molecular weight excluding hydrogens is 194 g/mol. The minimum absolute atomic E-state index is 0.432. The summed E-state index contributed by atoms with van der Waals surface area (Å²) < 4.78 is 5.64. The second-order valence-electron chi connectivity index (χ2n) is 3.86. The molecule has 1 atom stereocenters. The van der Waals surface area contributed by atoms with Gasteiger partial charge in [0.05, 0.1) is 6.10 Å². The molecule has 0 saturated carbocycles. The van der Waals surface area contributed by atoms with Crippen LogP contribution in [0, 0.1) is 0 Å². The zero-order chi connectivity index (χ0) is 10.4. The summed E-state index contributed by atoms with van der Waals surface area (Å²) in [5, 5.41) is 0. The van der Waals surface area contributed by atoms with Crippen LogP contribution in [0.4, 0.5) is 0 Å². The van der Waals surface area contributed by atoms with Gasteiger partial charge in [-0.2, -0.15) is 12.6 Å². The highest BCUT2D eigenvalue weighted by molar-refractivity contribution is 7.80. The zero-order valence-electron chi connectivity index (χ0n) is 9.04. The molecule has 1 aliphatic heterocycles. The number of thiol groups is 1. The summed E-state index contributed by atoms with van der Waals surface area (Å²) in [7, 11) is 0. The number of hydrogen-bond donors (Lipinski definition) is 1. The van der Waals surface area contributed by atoms with Crippen LogP contribution in [0.1, 0.15) is 19.8 Å². The fraction of sp³-hybridized carbons (Fsp3) is 0.818. The molecule has 0 amide bonds. The maximum absolute atomic E-state index is 5.64. The van der Waals surface area contributed by atoms with E-state index >= 15 is 0 Å². The Bertz CT molecular complexity index is 182. The third-order valence-electron chi connectivity index (χ3n) is 2.54. The first-order valence-corrected chi connectivity index (χ1v) is 6.01. The Labute approximate surface area is 92.7 Å². The van der Waals surface area contributed by atoms with Crippen molar-refractivity contribution < 1.29 is 4.74 Å². The molecule has 1 rings (SSSR count). The molecule has 0 N–H and O–H groups in total. The molecule has 1 heterocycles.